The van der Waals surface area contributed by atoms with E-state index < -0.39 is 6.09 Å². The van der Waals surface area contributed by atoms with Crippen molar-refractivity contribution in [1.82, 2.24) is 14.6 Å². The van der Waals surface area contributed by atoms with Crippen molar-refractivity contribution >= 4 is 33.5 Å². The summed E-state index contributed by atoms with van der Waals surface area (Å²) < 4.78 is 7.23. The van der Waals surface area contributed by atoms with E-state index in [1.165, 1.54) is 4.52 Å². The van der Waals surface area contributed by atoms with Gasteiger partial charge in [-0.3, -0.25) is 5.32 Å². The monoisotopic (exact) mass is 371 g/mol. The van der Waals surface area contributed by atoms with Crippen molar-refractivity contribution in [1.29, 1.82) is 5.26 Å². The first-order valence-corrected chi connectivity index (χ1v) is 7.38. The van der Waals surface area contributed by atoms with Gasteiger partial charge in [-0.05, 0) is 21.5 Å². The number of nitriles is 1. The number of aromatic nitrogens is 3. The number of nitrogens with zero attached hydrogens (tertiary/aromatic N) is 4. The molecule has 0 unspecified atom stereocenters. The zero-order valence-corrected chi connectivity index (χ0v) is 13.3. The van der Waals surface area contributed by atoms with Crippen LogP contribution < -0.4 is 5.32 Å². The van der Waals surface area contributed by atoms with E-state index in [9.17, 15) is 10.1 Å². The van der Waals surface area contributed by atoms with Crippen LogP contribution in [0, 0.1) is 11.3 Å². The number of amides is 1. The fourth-order valence-corrected chi connectivity index (χ4v) is 2.25. The van der Waals surface area contributed by atoms with Crippen LogP contribution in [-0.2, 0) is 11.3 Å². The molecule has 1 aromatic carbocycles. The number of nitrogens with one attached hydrogen (secondary N) is 1. The third kappa shape index (κ3) is 3.30. The number of carbonyl (C=O) groups is 1. The fraction of sp³-hybridized carbons (Fsp3) is 0.0667. The predicted octanol–water partition coefficient (Wildman–Crippen LogP) is 3.11. The first-order valence-electron chi connectivity index (χ1n) is 6.59. The summed E-state index contributed by atoms with van der Waals surface area (Å²) in [6.07, 6.45) is 2.51. The summed E-state index contributed by atoms with van der Waals surface area (Å²) >= 11 is 3.27. The minimum absolute atomic E-state index is 0.108. The van der Waals surface area contributed by atoms with Crippen LogP contribution in [0.25, 0.3) is 5.65 Å². The van der Waals surface area contributed by atoms with Gasteiger partial charge in [0.15, 0.2) is 11.5 Å². The quantitative estimate of drug-likeness (QED) is 0.763. The third-order valence-electron chi connectivity index (χ3n) is 2.99. The minimum Gasteiger partial charge on any atom is -0.444 e. The van der Waals surface area contributed by atoms with Gasteiger partial charge in [-0.25, -0.2) is 14.3 Å². The molecule has 0 bridgehead atoms. The van der Waals surface area contributed by atoms with Gasteiger partial charge in [0.2, 0.25) is 0 Å². The second kappa shape index (κ2) is 6.46. The van der Waals surface area contributed by atoms with Crippen LogP contribution in [0.3, 0.4) is 0 Å². The van der Waals surface area contributed by atoms with E-state index in [1.54, 1.807) is 12.4 Å². The molecule has 1 amide bonds. The van der Waals surface area contributed by atoms with Crippen LogP contribution in [0.5, 0.6) is 0 Å². The van der Waals surface area contributed by atoms with Gasteiger partial charge in [-0.15, -0.1) is 5.10 Å². The molecule has 0 saturated heterocycles. The van der Waals surface area contributed by atoms with E-state index in [-0.39, 0.29) is 18.0 Å². The molecule has 0 fully saturated rings. The molecule has 1 N–H and O–H groups in total. The zero-order chi connectivity index (χ0) is 16.2. The van der Waals surface area contributed by atoms with Crippen molar-refractivity contribution < 1.29 is 9.53 Å². The number of fused-ring (bicyclic) bond motifs is 1. The molecule has 7 nitrogen and oxygen atoms in total. The maximum absolute atomic E-state index is 11.9. The lowest BCUT2D eigenvalue weighted by molar-refractivity contribution is 0.155. The molecule has 23 heavy (non-hydrogen) atoms. The number of rotatable bonds is 3. The van der Waals surface area contributed by atoms with Crippen LogP contribution in [-0.4, -0.2) is 20.7 Å². The molecule has 3 aromatic rings. The van der Waals surface area contributed by atoms with E-state index in [0.717, 1.165) is 5.56 Å². The van der Waals surface area contributed by atoms with Crippen molar-refractivity contribution in [2.24, 2.45) is 0 Å². The van der Waals surface area contributed by atoms with Crippen LogP contribution in [0.15, 0.2) is 47.2 Å². The average molecular weight is 372 g/mol. The largest absolute Gasteiger partial charge is 0.444 e. The standard InChI is InChI=1S/C15H10BrN5O2/c16-11-7-18-14-12(6-17)13(20-21(14)8-11)19-15(22)23-9-10-4-2-1-3-5-10/h1-5,7-8H,9H2,(H,19,20,22). The Morgan fingerprint density at radius 2 is 2.17 bits per heavy atom. The van der Waals surface area contributed by atoms with Crippen molar-refractivity contribution in [3.8, 4) is 6.07 Å². The number of anilines is 1. The Kier molecular flexibility index (Phi) is 4.21. The first kappa shape index (κ1) is 15.0. The minimum atomic E-state index is -0.687. The Morgan fingerprint density at radius 1 is 1.39 bits per heavy atom. The molecule has 3 rings (SSSR count). The highest BCUT2D eigenvalue weighted by Gasteiger charge is 2.16. The Bertz CT molecular complexity index is 901. The Balaban J connectivity index is 1.76. The Morgan fingerprint density at radius 3 is 2.91 bits per heavy atom. The summed E-state index contributed by atoms with van der Waals surface area (Å²) in [6.45, 7) is 0.131. The third-order valence-corrected chi connectivity index (χ3v) is 3.40. The molecule has 0 radical (unpaired) electrons. The summed E-state index contributed by atoms with van der Waals surface area (Å²) in [5.74, 6) is 0.108. The Labute approximate surface area is 139 Å². The normalized spacial score (nSPS) is 10.3. The maximum Gasteiger partial charge on any atom is 0.413 e. The van der Waals surface area contributed by atoms with Gasteiger partial charge in [-0.1, -0.05) is 30.3 Å². The van der Waals surface area contributed by atoms with Crippen molar-refractivity contribution in [2.45, 2.75) is 6.61 Å². The molecule has 0 saturated carbocycles. The van der Waals surface area contributed by atoms with Crippen LogP contribution in [0.4, 0.5) is 10.6 Å². The lowest BCUT2D eigenvalue weighted by Crippen LogP contribution is -2.14. The van der Waals surface area contributed by atoms with Crippen LogP contribution in [0.1, 0.15) is 11.1 Å². The molecule has 0 spiro atoms. The van der Waals surface area contributed by atoms with Gasteiger partial charge in [0.05, 0.1) is 4.47 Å². The SMILES string of the molecule is N#Cc1c(NC(=O)OCc2ccccc2)nn2cc(Br)cnc12. The van der Waals surface area contributed by atoms with E-state index in [4.69, 9.17) is 4.74 Å². The van der Waals surface area contributed by atoms with Crippen molar-refractivity contribution in [2.75, 3.05) is 5.32 Å². The molecular formula is C15H10BrN5O2. The summed E-state index contributed by atoms with van der Waals surface area (Å²) in [5, 5.41) is 15.8. The summed E-state index contributed by atoms with van der Waals surface area (Å²) in [7, 11) is 0. The smallest absolute Gasteiger partial charge is 0.413 e. The maximum atomic E-state index is 11.9. The van der Waals surface area contributed by atoms with E-state index >= 15 is 0 Å². The number of benzene rings is 1. The summed E-state index contributed by atoms with van der Waals surface area (Å²) in [5.41, 5.74) is 1.40. The fourth-order valence-electron chi connectivity index (χ4n) is 1.96. The van der Waals surface area contributed by atoms with E-state index in [0.29, 0.717) is 10.1 Å². The first-order chi connectivity index (χ1) is 11.2. The van der Waals surface area contributed by atoms with Gasteiger partial charge in [0.25, 0.3) is 0 Å². The summed E-state index contributed by atoms with van der Waals surface area (Å²) in [4.78, 5) is 16.0. The van der Waals surface area contributed by atoms with E-state index in [1.807, 2.05) is 36.4 Å². The number of carbonyl (C=O) groups excluding carboxylic acids is 1. The highest BCUT2D eigenvalue weighted by molar-refractivity contribution is 9.10. The number of halogens is 1. The van der Waals surface area contributed by atoms with Crippen molar-refractivity contribution in [3.63, 3.8) is 0 Å². The molecule has 114 valence electrons. The molecule has 2 heterocycles. The molecular weight excluding hydrogens is 362 g/mol. The van der Waals surface area contributed by atoms with Gasteiger partial charge in [-0.2, -0.15) is 5.26 Å². The highest BCUT2D eigenvalue weighted by Crippen LogP contribution is 2.19. The van der Waals surface area contributed by atoms with Gasteiger partial charge >= 0.3 is 6.09 Å². The number of hydrogen-bond donors (Lipinski definition) is 1. The number of hydrogen-bond acceptors (Lipinski definition) is 5. The molecule has 0 aliphatic rings. The van der Waals surface area contributed by atoms with Gasteiger partial charge in [0.1, 0.15) is 18.2 Å². The van der Waals surface area contributed by atoms with Gasteiger partial charge in [0, 0.05) is 12.4 Å². The average Bonchev–Trinajstić information content (AvgIpc) is 2.89. The lowest BCUT2D eigenvalue weighted by atomic mass is 10.2. The summed E-state index contributed by atoms with van der Waals surface area (Å²) in [6, 6.07) is 11.3. The lowest BCUT2D eigenvalue weighted by Gasteiger charge is -2.05. The van der Waals surface area contributed by atoms with Gasteiger partial charge < -0.3 is 4.74 Å². The highest BCUT2D eigenvalue weighted by atomic mass is 79.9. The van der Waals surface area contributed by atoms with Crippen molar-refractivity contribution in [3.05, 3.63) is 58.3 Å². The molecule has 2 aromatic heterocycles. The molecule has 0 aliphatic heterocycles. The van der Waals surface area contributed by atoms with E-state index in [2.05, 4.69) is 31.3 Å². The van der Waals surface area contributed by atoms with Crippen LogP contribution >= 0.6 is 15.9 Å². The second-order valence-corrected chi connectivity index (χ2v) is 5.48. The Hall–Kier alpha value is -2.92. The number of ether oxygens (including phenoxy) is 1. The molecule has 0 atom stereocenters. The topological polar surface area (TPSA) is 92.3 Å². The zero-order valence-electron chi connectivity index (χ0n) is 11.7. The molecule has 0 aliphatic carbocycles. The predicted molar refractivity (Wildman–Crippen MR) is 85.7 cm³/mol. The van der Waals surface area contributed by atoms with Crippen LogP contribution in [0.2, 0.25) is 0 Å². The second-order valence-electron chi connectivity index (χ2n) is 4.56. The molecule has 8 heteroatoms.